The minimum atomic E-state index is -4.35. The number of terminal acetylenes is 1. The molecule has 60 heavy (non-hydrogen) atoms. The van der Waals surface area contributed by atoms with Gasteiger partial charge in [0.25, 0.3) is 0 Å². The molecule has 2 aliphatic heterocycles. The number of carboxylic acid groups (broad SMARTS) is 2. The Hall–Kier alpha value is -3.55. The highest BCUT2D eigenvalue weighted by atomic mass is 35.5. The van der Waals surface area contributed by atoms with Crippen molar-refractivity contribution in [1.29, 1.82) is 0 Å². The van der Waals surface area contributed by atoms with Crippen molar-refractivity contribution in [2.45, 2.75) is 56.6 Å². The number of nitrogens with one attached hydrogen (secondary N) is 1. The van der Waals surface area contributed by atoms with Crippen molar-refractivity contribution < 1.29 is 43.3 Å². The maximum absolute atomic E-state index is 14.2. The van der Waals surface area contributed by atoms with Crippen molar-refractivity contribution in [3.8, 4) is 23.8 Å². The molecular weight excluding hydrogens is 931 g/mol. The SMILES string of the molecule is C#CCOc1cc(-n2nc3n(c2=O)CCCC3)c(Cl)cc1Cl.C[S+](C)C.O=C(O)CNCP(=O)([O-])O.O=C(O)CSc1cc(N=c2sc(=O)n3n2CCCC3)c(F)cc1Cl. The lowest BCUT2D eigenvalue weighted by molar-refractivity contribution is -0.193. The van der Waals surface area contributed by atoms with E-state index in [4.69, 9.17) is 61.1 Å². The van der Waals surface area contributed by atoms with Gasteiger partial charge in [0.1, 0.15) is 37.3 Å². The maximum Gasteiger partial charge on any atom is 0.350 e. The first-order chi connectivity index (χ1) is 28.2. The molecule has 25 heteroatoms. The molecule has 2 aromatic heterocycles. The summed E-state index contributed by atoms with van der Waals surface area (Å²) in [6, 6.07) is 5.63. The fourth-order valence-electron chi connectivity index (χ4n) is 5.15. The number of aromatic nitrogens is 5. The quantitative estimate of drug-likeness (QED) is 0.0720. The molecule has 17 nitrogen and oxygen atoms in total. The van der Waals surface area contributed by atoms with Crippen LogP contribution in [-0.2, 0) is 51.1 Å². The highest BCUT2D eigenvalue weighted by Crippen LogP contribution is 2.34. The van der Waals surface area contributed by atoms with Gasteiger partial charge in [0.05, 0.1) is 58.1 Å². The van der Waals surface area contributed by atoms with Gasteiger partial charge in [0, 0.05) is 37.0 Å². The van der Waals surface area contributed by atoms with E-state index in [2.05, 4.69) is 34.8 Å². The Bertz CT molecular complexity index is 2420. The summed E-state index contributed by atoms with van der Waals surface area (Å²) in [6.45, 7) is 1.57. The van der Waals surface area contributed by atoms with Gasteiger partial charge in [0.15, 0.2) is 0 Å². The molecule has 4 heterocycles. The minimum Gasteiger partial charge on any atom is -0.778 e. The molecule has 0 saturated carbocycles. The van der Waals surface area contributed by atoms with E-state index in [1.165, 1.54) is 16.8 Å². The number of halogens is 4. The largest absolute Gasteiger partial charge is 0.778 e. The Morgan fingerprint density at radius 3 is 2.30 bits per heavy atom. The van der Waals surface area contributed by atoms with Crippen molar-refractivity contribution >= 4 is 94.0 Å². The third-order valence-corrected chi connectivity index (χ3v) is 11.1. The highest BCUT2D eigenvalue weighted by Gasteiger charge is 2.21. The zero-order chi connectivity index (χ0) is 44.7. The van der Waals surface area contributed by atoms with E-state index in [-0.39, 0.29) is 33.6 Å². The van der Waals surface area contributed by atoms with Crippen LogP contribution in [0.3, 0.4) is 0 Å². The molecule has 6 rings (SSSR count). The first kappa shape index (κ1) is 50.8. The Morgan fingerprint density at radius 2 is 1.70 bits per heavy atom. The van der Waals surface area contributed by atoms with Gasteiger partial charge in [-0.1, -0.05) is 40.7 Å². The number of hydrogen-bond donors (Lipinski definition) is 4. The number of carboxylic acids is 2. The average Bonchev–Trinajstić information content (AvgIpc) is 3.66. The maximum atomic E-state index is 14.2. The number of aryl methyl sites for hydroxylation is 1. The molecule has 1 unspecified atom stereocenters. The van der Waals surface area contributed by atoms with Gasteiger partial charge in [-0.15, -0.1) is 23.3 Å². The van der Waals surface area contributed by atoms with Crippen LogP contribution in [0, 0.1) is 18.2 Å². The fourth-order valence-corrected chi connectivity index (χ4v) is 7.93. The number of nitrogens with zero attached hydrogens (tertiary/aromatic N) is 6. The molecule has 0 bridgehead atoms. The fraction of sp³-hybridized carbons (Fsp3) is 0.429. The Balaban J connectivity index is 0.000000246. The number of carbonyl (C=O) groups is 2. The molecule has 0 spiro atoms. The topological polar surface area (TPSA) is 235 Å². The van der Waals surface area contributed by atoms with Gasteiger partial charge in [-0.25, -0.2) is 18.9 Å². The number of ether oxygens (including phenoxy) is 1. The highest BCUT2D eigenvalue weighted by molar-refractivity contribution is 8.00. The Kier molecular flexibility index (Phi) is 20.5. The number of hydrogen-bond acceptors (Lipinski definition) is 12. The van der Waals surface area contributed by atoms with Crippen LogP contribution in [0.2, 0.25) is 15.1 Å². The molecule has 0 radical (unpaired) electrons. The van der Waals surface area contributed by atoms with E-state index in [1.807, 2.05) is 5.32 Å². The van der Waals surface area contributed by atoms with E-state index in [0.717, 1.165) is 67.1 Å². The van der Waals surface area contributed by atoms with E-state index < -0.39 is 38.2 Å². The van der Waals surface area contributed by atoms with Crippen LogP contribution in [-0.4, -0.2) is 94.7 Å². The predicted octanol–water partition coefficient (Wildman–Crippen LogP) is 4.05. The summed E-state index contributed by atoms with van der Waals surface area (Å²) in [5, 5.41) is 23.9. The van der Waals surface area contributed by atoms with Crippen molar-refractivity contribution in [2.75, 3.05) is 44.0 Å². The molecule has 2 aliphatic rings. The smallest absolute Gasteiger partial charge is 0.350 e. The number of benzene rings is 2. The van der Waals surface area contributed by atoms with Crippen molar-refractivity contribution in [3.63, 3.8) is 0 Å². The zero-order valence-corrected chi connectivity index (χ0v) is 38.1. The first-order valence-corrected chi connectivity index (χ1v) is 24.7. The molecule has 4 N–H and O–H groups in total. The lowest BCUT2D eigenvalue weighted by Crippen LogP contribution is -2.31. The van der Waals surface area contributed by atoms with Gasteiger partial charge >= 0.3 is 22.5 Å². The normalized spacial score (nSPS) is 14.1. The Morgan fingerprint density at radius 1 is 1.05 bits per heavy atom. The summed E-state index contributed by atoms with van der Waals surface area (Å²) in [4.78, 5) is 67.9. The summed E-state index contributed by atoms with van der Waals surface area (Å²) in [7, 11) is -3.71. The standard InChI is InChI=1S/C15H13Cl2N3O2.C14H13ClFN3O3S2.C3H8NO5P.C3H9S/c1-2-7-22-13-9-12(10(16)8-11(13)17)20-15(21)19-6-4-3-5-14(19)18-20;15-8-5-9(16)10(6-11(8)23-7-12(20)21)17-13-18-3-1-2-4-19(18)14(22)24-13;5-3(6)1-4-2-10(7,8)9;1-4(2)3/h1,8-9H,3-7H2;5-6H,1-4,7H2,(H,20,21);4H,1-2H2,(H,5,6)(H2,7,8,9);1-3H3/q;;;+1/p-1. The van der Waals surface area contributed by atoms with E-state index in [9.17, 15) is 33.0 Å². The van der Waals surface area contributed by atoms with Crippen LogP contribution in [0.15, 0.2) is 43.7 Å². The second-order valence-electron chi connectivity index (χ2n) is 12.9. The van der Waals surface area contributed by atoms with E-state index in [0.29, 0.717) is 61.7 Å². The second kappa shape index (κ2) is 24.2. The van der Waals surface area contributed by atoms with Crippen molar-refractivity contribution in [1.82, 2.24) is 29.0 Å². The van der Waals surface area contributed by atoms with Crippen LogP contribution in [0.5, 0.6) is 5.75 Å². The van der Waals surface area contributed by atoms with E-state index in [1.54, 1.807) is 20.0 Å². The van der Waals surface area contributed by atoms with Crippen molar-refractivity contribution in [2.24, 2.45) is 4.99 Å². The molecule has 1 atom stereocenters. The van der Waals surface area contributed by atoms with Gasteiger partial charge < -0.3 is 29.3 Å². The van der Waals surface area contributed by atoms with Crippen LogP contribution in [0.1, 0.15) is 31.5 Å². The first-order valence-electron chi connectivity index (χ1n) is 17.6. The zero-order valence-electron chi connectivity index (χ0n) is 32.4. The molecule has 0 fully saturated rings. The minimum absolute atomic E-state index is 0.0370. The molecular formula is C35H42Cl3FN7O10PS3. The van der Waals surface area contributed by atoms with Gasteiger partial charge in [-0.3, -0.25) is 28.9 Å². The number of rotatable bonds is 11. The Labute approximate surface area is 369 Å². The molecule has 328 valence electrons. The van der Waals surface area contributed by atoms with Crippen molar-refractivity contribution in [3.05, 3.63) is 75.9 Å². The van der Waals surface area contributed by atoms with Gasteiger partial charge in [0.2, 0.25) is 4.80 Å². The average molecular weight is 973 g/mol. The molecule has 0 aliphatic carbocycles. The van der Waals surface area contributed by atoms with Crippen LogP contribution >= 0.6 is 65.5 Å². The van der Waals surface area contributed by atoms with E-state index >= 15 is 0 Å². The van der Waals surface area contributed by atoms with Gasteiger partial charge in [-0.2, -0.15) is 4.68 Å². The summed E-state index contributed by atoms with van der Waals surface area (Å²) in [5.41, 5.74) is 0.266. The third kappa shape index (κ3) is 16.0. The van der Waals surface area contributed by atoms with Crippen LogP contribution in [0.4, 0.5) is 10.1 Å². The lowest BCUT2D eigenvalue weighted by Gasteiger charge is -2.15. The third-order valence-electron chi connectivity index (χ3n) is 7.56. The second-order valence-corrected chi connectivity index (χ2v) is 20.1. The number of thioether (sulfide) groups is 1. The van der Waals surface area contributed by atoms with Crippen LogP contribution < -0.4 is 30.3 Å². The summed E-state index contributed by atoms with van der Waals surface area (Å²) in [6.07, 6.45) is 15.7. The summed E-state index contributed by atoms with van der Waals surface area (Å²) in [5.74, 6) is 0.545. The summed E-state index contributed by atoms with van der Waals surface area (Å²) < 4.78 is 35.8. The monoisotopic (exact) mass is 971 g/mol. The molecule has 0 amide bonds. The number of fused-ring (bicyclic) bond motifs is 2. The van der Waals surface area contributed by atoms with Crippen LogP contribution in [0.25, 0.3) is 5.69 Å². The molecule has 2 aromatic carbocycles. The molecule has 0 saturated heterocycles. The number of aliphatic carboxylic acids is 2. The predicted molar refractivity (Wildman–Crippen MR) is 231 cm³/mol. The lowest BCUT2D eigenvalue weighted by atomic mass is 10.2. The van der Waals surface area contributed by atoms with Gasteiger partial charge in [-0.05, 0) is 66.1 Å². The summed E-state index contributed by atoms with van der Waals surface area (Å²) >= 11 is 20.2. The molecule has 4 aromatic rings.